The standard InChI is InChI=1S/C24H24FN5O3/c1-24(2,33)5-4-12-8-16-15(9-17(12)25)13-6-14(7-13)30-20(19(22(26)32)28-23(16)30)21(31)18-10-27-11-29(18)3/h8-11,13-14,21,31,33H,6-7H2,1-3H3,(H2,26,32). The number of aryl methyl sites for hydroxylation is 1. The van der Waals surface area contributed by atoms with Crippen molar-refractivity contribution in [3.63, 3.8) is 0 Å². The Balaban J connectivity index is 1.75. The molecule has 3 aliphatic rings. The minimum atomic E-state index is -1.28. The molecule has 1 unspecified atom stereocenters. The van der Waals surface area contributed by atoms with Gasteiger partial charge in [-0.15, -0.1) is 0 Å². The van der Waals surface area contributed by atoms with Gasteiger partial charge in [-0.2, -0.15) is 0 Å². The summed E-state index contributed by atoms with van der Waals surface area (Å²) in [7, 11) is 1.75. The Morgan fingerprint density at radius 2 is 2.09 bits per heavy atom. The lowest BCUT2D eigenvalue weighted by Gasteiger charge is -2.36. The zero-order valence-corrected chi connectivity index (χ0v) is 18.5. The summed E-state index contributed by atoms with van der Waals surface area (Å²) in [5, 5.41) is 21.2. The van der Waals surface area contributed by atoms with Gasteiger partial charge in [0.05, 0.1) is 29.5 Å². The number of nitrogens with two attached hydrogens (primary N) is 1. The highest BCUT2D eigenvalue weighted by atomic mass is 19.1. The summed E-state index contributed by atoms with van der Waals surface area (Å²) in [6, 6.07) is 3.06. The number of nitrogens with zero attached hydrogens (tertiary/aromatic N) is 4. The molecule has 2 aliphatic heterocycles. The summed E-state index contributed by atoms with van der Waals surface area (Å²) >= 11 is 0. The van der Waals surface area contributed by atoms with Crippen molar-refractivity contribution in [3.8, 4) is 23.2 Å². The highest BCUT2D eigenvalue weighted by molar-refractivity contribution is 5.93. The van der Waals surface area contributed by atoms with Crippen LogP contribution in [0.3, 0.4) is 0 Å². The fourth-order valence-electron chi connectivity index (χ4n) is 4.71. The molecule has 170 valence electrons. The van der Waals surface area contributed by atoms with Crippen LogP contribution >= 0.6 is 0 Å². The molecule has 1 saturated carbocycles. The average molecular weight is 449 g/mol. The van der Waals surface area contributed by atoms with Gasteiger partial charge in [0.15, 0.2) is 5.69 Å². The van der Waals surface area contributed by atoms with Gasteiger partial charge in [-0.3, -0.25) is 4.79 Å². The number of aliphatic hydroxyl groups excluding tert-OH is 1. The molecule has 0 spiro atoms. The van der Waals surface area contributed by atoms with E-state index in [4.69, 9.17) is 5.73 Å². The molecule has 33 heavy (non-hydrogen) atoms. The summed E-state index contributed by atoms with van der Waals surface area (Å²) in [6.07, 6.45) is 3.38. The molecule has 9 heteroatoms. The van der Waals surface area contributed by atoms with Crippen LogP contribution < -0.4 is 5.73 Å². The number of hydrogen-bond donors (Lipinski definition) is 3. The van der Waals surface area contributed by atoms with Gasteiger partial charge < -0.3 is 25.1 Å². The summed E-state index contributed by atoms with van der Waals surface area (Å²) in [4.78, 5) is 21.0. The van der Waals surface area contributed by atoms with E-state index in [2.05, 4.69) is 21.8 Å². The second-order valence-corrected chi connectivity index (χ2v) is 9.29. The largest absolute Gasteiger partial charge is 0.380 e. The first-order chi connectivity index (χ1) is 15.5. The van der Waals surface area contributed by atoms with Gasteiger partial charge in [-0.1, -0.05) is 11.8 Å². The van der Waals surface area contributed by atoms with Crippen molar-refractivity contribution in [3.05, 3.63) is 58.7 Å². The van der Waals surface area contributed by atoms with Crippen molar-refractivity contribution < 1.29 is 19.4 Å². The molecule has 1 fully saturated rings. The van der Waals surface area contributed by atoms with E-state index in [1.165, 1.54) is 26.1 Å². The van der Waals surface area contributed by atoms with E-state index >= 15 is 0 Å². The third-order valence-electron chi connectivity index (χ3n) is 6.38. The monoisotopic (exact) mass is 449 g/mol. The van der Waals surface area contributed by atoms with Crippen LogP contribution in [0, 0.1) is 17.7 Å². The fraction of sp³-hybridized carbons (Fsp3) is 0.375. The van der Waals surface area contributed by atoms with E-state index in [0.717, 1.165) is 18.4 Å². The molecule has 4 N–H and O–H groups in total. The van der Waals surface area contributed by atoms with Crippen LogP contribution in [-0.2, 0) is 7.05 Å². The van der Waals surface area contributed by atoms with E-state index in [1.54, 1.807) is 24.0 Å². The van der Waals surface area contributed by atoms with E-state index in [1.807, 2.05) is 4.57 Å². The van der Waals surface area contributed by atoms with Gasteiger partial charge in [-0.05, 0) is 50.3 Å². The SMILES string of the molecule is Cn1cncc1C(O)c1c(C(N)=O)nc2n1C1CC(C1)c1cc(F)c(C#CC(C)(C)O)cc1-2. The molecule has 0 saturated heterocycles. The van der Waals surface area contributed by atoms with Gasteiger partial charge in [0, 0.05) is 18.7 Å². The molecule has 1 amide bonds. The Bertz CT molecular complexity index is 1350. The van der Waals surface area contributed by atoms with Crippen LogP contribution in [-0.4, -0.2) is 40.8 Å². The zero-order chi connectivity index (χ0) is 23.7. The second kappa shape index (κ2) is 7.27. The first-order valence-corrected chi connectivity index (χ1v) is 10.7. The molecule has 4 heterocycles. The number of rotatable bonds is 3. The van der Waals surface area contributed by atoms with Crippen molar-refractivity contribution in [2.45, 2.75) is 50.4 Å². The van der Waals surface area contributed by atoms with Crippen molar-refractivity contribution >= 4 is 5.91 Å². The van der Waals surface area contributed by atoms with Crippen LogP contribution in [0.5, 0.6) is 0 Å². The number of primary amides is 1. The van der Waals surface area contributed by atoms with Gasteiger partial charge in [0.1, 0.15) is 23.3 Å². The van der Waals surface area contributed by atoms with Crippen molar-refractivity contribution in [1.82, 2.24) is 19.1 Å². The van der Waals surface area contributed by atoms with Crippen molar-refractivity contribution in [1.29, 1.82) is 0 Å². The number of carbonyl (C=O) groups is 1. The molecule has 2 bridgehead atoms. The molecular weight excluding hydrogens is 425 g/mol. The van der Waals surface area contributed by atoms with E-state index in [9.17, 15) is 19.4 Å². The summed E-state index contributed by atoms with van der Waals surface area (Å²) in [6.45, 7) is 3.04. The van der Waals surface area contributed by atoms with Crippen LogP contribution in [0.2, 0.25) is 0 Å². The predicted octanol–water partition coefficient (Wildman–Crippen LogP) is 2.16. The molecule has 0 radical (unpaired) electrons. The number of benzene rings is 1. The molecular formula is C24H24FN5O3. The van der Waals surface area contributed by atoms with Crippen LogP contribution in [0.15, 0.2) is 24.7 Å². The number of imidazole rings is 2. The molecule has 1 atom stereocenters. The third-order valence-corrected chi connectivity index (χ3v) is 6.38. The fourth-order valence-corrected chi connectivity index (χ4v) is 4.71. The minimum absolute atomic E-state index is 0.00940. The molecule has 1 aromatic carbocycles. The Morgan fingerprint density at radius 1 is 1.36 bits per heavy atom. The molecule has 3 aromatic rings. The Labute approximate surface area is 189 Å². The highest BCUT2D eigenvalue weighted by Gasteiger charge is 2.43. The summed E-state index contributed by atoms with van der Waals surface area (Å²) in [5.41, 5.74) is 6.73. The highest BCUT2D eigenvalue weighted by Crippen LogP contribution is 2.53. The maximum Gasteiger partial charge on any atom is 0.269 e. The predicted molar refractivity (Wildman–Crippen MR) is 118 cm³/mol. The lowest BCUT2D eigenvalue weighted by atomic mass is 9.75. The number of aromatic nitrogens is 4. The Hall–Kier alpha value is -3.48. The number of halogens is 1. The minimum Gasteiger partial charge on any atom is -0.380 e. The first kappa shape index (κ1) is 21.4. The summed E-state index contributed by atoms with van der Waals surface area (Å²) in [5.74, 6) is 4.71. The quantitative estimate of drug-likeness (QED) is 0.530. The molecule has 8 nitrogen and oxygen atoms in total. The maximum absolute atomic E-state index is 14.9. The summed E-state index contributed by atoms with van der Waals surface area (Å²) < 4.78 is 18.4. The van der Waals surface area contributed by atoms with Gasteiger partial charge in [0.25, 0.3) is 5.91 Å². The average Bonchev–Trinajstić information content (AvgIpc) is 3.24. The lowest BCUT2D eigenvalue weighted by molar-refractivity contribution is 0.0988. The van der Waals surface area contributed by atoms with Gasteiger partial charge in [-0.25, -0.2) is 14.4 Å². The van der Waals surface area contributed by atoms with Crippen molar-refractivity contribution in [2.24, 2.45) is 12.8 Å². The molecule has 2 aromatic heterocycles. The molecule has 1 aliphatic carbocycles. The van der Waals surface area contributed by atoms with E-state index in [-0.39, 0.29) is 23.2 Å². The smallest absolute Gasteiger partial charge is 0.269 e. The number of carbonyl (C=O) groups excluding carboxylic acids is 1. The normalized spacial score (nSPS) is 19.5. The number of hydrogen-bond acceptors (Lipinski definition) is 5. The first-order valence-electron chi connectivity index (χ1n) is 10.7. The number of aliphatic hydroxyl groups is 2. The van der Waals surface area contributed by atoms with E-state index in [0.29, 0.717) is 22.8 Å². The van der Waals surface area contributed by atoms with E-state index < -0.39 is 23.4 Å². The van der Waals surface area contributed by atoms with Crippen LogP contribution in [0.4, 0.5) is 4.39 Å². The zero-order valence-electron chi connectivity index (χ0n) is 18.5. The third kappa shape index (κ3) is 3.43. The van der Waals surface area contributed by atoms with Gasteiger partial charge in [0.2, 0.25) is 0 Å². The van der Waals surface area contributed by atoms with Crippen LogP contribution in [0.25, 0.3) is 11.4 Å². The lowest BCUT2D eigenvalue weighted by Crippen LogP contribution is -2.27. The topological polar surface area (TPSA) is 119 Å². The Kier molecular flexibility index (Phi) is 4.71. The number of amides is 1. The maximum atomic E-state index is 14.9. The second-order valence-electron chi connectivity index (χ2n) is 9.29. The Morgan fingerprint density at radius 3 is 2.70 bits per heavy atom. The van der Waals surface area contributed by atoms with Crippen molar-refractivity contribution in [2.75, 3.05) is 0 Å². The molecule has 6 rings (SSSR count). The van der Waals surface area contributed by atoms with Gasteiger partial charge >= 0.3 is 0 Å². The van der Waals surface area contributed by atoms with Crippen LogP contribution in [0.1, 0.15) is 77.8 Å².